The second kappa shape index (κ2) is 10.6. The van der Waals surface area contributed by atoms with Gasteiger partial charge in [0.2, 0.25) is 0 Å². The van der Waals surface area contributed by atoms with Gasteiger partial charge in [0.1, 0.15) is 0 Å². The van der Waals surface area contributed by atoms with Gasteiger partial charge in [0.05, 0.1) is 23.0 Å². The van der Waals surface area contributed by atoms with E-state index in [1.165, 1.54) is 37.9 Å². The molecule has 44 heavy (non-hydrogen) atoms. The summed E-state index contributed by atoms with van der Waals surface area (Å²) in [6.45, 7) is 0. The summed E-state index contributed by atoms with van der Waals surface area (Å²) in [4.78, 5) is 10.0. The van der Waals surface area contributed by atoms with E-state index in [2.05, 4.69) is 97.1 Å². The van der Waals surface area contributed by atoms with E-state index in [9.17, 15) is 5.26 Å². The Balaban J connectivity index is 1.35. The molecule has 8 rings (SSSR count). The van der Waals surface area contributed by atoms with Crippen LogP contribution in [0.5, 0.6) is 0 Å². The molecule has 0 fully saturated rings. The van der Waals surface area contributed by atoms with Crippen molar-refractivity contribution in [1.82, 2.24) is 9.97 Å². The van der Waals surface area contributed by atoms with Gasteiger partial charge >= 0.3 is 0 Å². The molecule has 3 heteroatoms. The number of fused-ring (bicyclic) bond motifs is 4. The quantitative estimate of drug-likeness (QED) is 0.159. The van der Waals surface area contributed by atoms with Crippen molar-refractivity contribution in [3.8, 4) is 51.1 Å². The minimum atomic E-state index is 0.620. The Morgan fingerprint density at radius 1 is 0.409 bits per heavy atom. The molecule has 0 atom stereocenters. The molecule has 0 radical (unpaired) electrons. The van der Waals surface area contributed by atoms with Gasteiger partial charge in [0, 0.05) is 16.7 Å². The van der Waals surface area contributed by atoms with Gasteiger partial charge in [0.15, 0.2) is 5.82 Å². The molecule has 1 heterocycles. The Bertz CT molecular complexity index is 2380. The Kier molecular flexibility index (Phi) is 6.18. The Morgan fingerprint density at radius 3 is 1.86 bits per heavy atom. The van der Waals surface area contributed by atoms with E-state index in [0.29, 0.717) is 11.4 Å². The SMILES string of the molecule is N#Cc1ccc(-c2cc(-c3cccc(-c4c5ccccc5cc5c4ccc4ccccc45)c3)nc(-c3ccccc3)n2)cc1. The smallest absolute Gasteiger partial charge is 0.160 e. The normalized spacial score (nSPS) is 11.2. The lowest BCUT2D eigenvalue weighted by molar-refractivity contribution is 1.18. The van der Waals surface area contributed by atoms with E-state index in [1.54, 1.807) is 0 Å². The molecule has 7 aromatic carbocycles. The van der Waals surface area contributed by atoms with Crippen LogP contribution < -0.4 is 0 Å². The van der Waals surface area contributed by atoms with Crippen molar-refractivity contribution in [2.75, 3.05) is 0 Å². The van der Waals surface area contributed by atoms with Crippen LogP contribution in [-0.2, 0) is 0 Å². The van der Waals surface area contributed by atoms with Gasteiger partial charge in [-0.2, -0.15) is 5.26 Å². The van der Waals surface area contributed by atoms with Crippen molar-refractivity contribution < 1.29 is 0 Å². The van der Waals surface area contributed by atoms with Crippen LogP contribution in [0.15, 0.2) is 152 Å². The summed E-state index contributed by atoms with van der Waals surface area (Å²) >= 11 is 0. The summed E-state index contributed by atoms with van der Waals surface area (Å²) in [5.74, 6) is 0.662. The van der Waals surface area contributed by atoms with Crippen molar-refractivity contribution in [3.05, 3.63) is 157 Å². The lowest BCUT2D eigenvalue weighted by atomic mass is 9.89. The van der Waals surface area contributed by atoms with Gasteiger partial charge in [-0.25, -0.2) is 9.97 Å². The average Bonchev–Trinajstić information content (AvgIpc) is 3.11. The van der Waals surface area contributed by atoms with E-state index in [1.807, 2.05) is 60.7 Å². The third-order valence-electron chi connectivity index (χ3n) is 8.28. The first kappa shape index (κ1) is 25.6. The van der Waals surface area contributed by atoms with Gasteiger partial charge in [-0.3, -0.25) is 0 Å². The molecule has 0 aliphatic heterocycles. The largest absolute Gasteiger partial charge is 0.228 e. The van der Waals surface area contributed by atoms with Gasteiger partial charge in [-0.15, -0.1) is 0 Å². The molecule has 0 unspecified atom stereocenters. The van der Waals surface area contributed by atoms with Crippen LogP contribution in [0.3, 0.4) is 0 Å². The predicted molar refractivity (Wildman–Crippen MR) is 181 cm³/mol. The molecule has 0 amide bonds. The molecule has 0 N–H and O–H groups in total. The fourth-order valence-corrected chi connectivity index (χ4v) is 6.14. The van der Waals surface area contributed by atoms with Crippen molar-refractivity contribution in [3.63, 3.8) is 0 Å². The highest BCUT2D eigenvalue weighted by atomic mass is 14.9. The first-order valence-electron chi connectivity index (χ1n) is 14.6. The van der Waals surface area contributed by atoms with Gasteiger partial charge in [0.25, 0.3) is 0 Å². The molecule has 0 aliphatic rings. The molecule has 0 bridgehead atoms. The molecule has 0 saturated carbocycles. The molecule has 1 aromatic heterocycles. The zero-order valence-electron chi connectivity index (χ0n) is 23.8. The van der Waals surface area contributed by atoms with E-state index in [-0.39, 0.29) is 0 Å². The van der Waals surface area contributed by atoms with E-state index < -0.39 is 0 Å². The van der Waals surface area contributed by atoms with Crippen LogP contribution in [0.1, 0.15) is 5.56 Å². The first-order valence-corrected chi connectivity index (χ1v) is 14.6. The summed E-state index contributed by atoms with van der Waals surface area (Å²) in [5, 5.41) is 16.7. The van der Waals surface area contributed by atoms with Crippen LogP contribution in [0.4, 0.5) is 0 Å². The van der Waals surface area contributed by atoms with E-state index in [0.717, 1.165) is 33.6 Å². The third kappa shape index (κ3) is 4.47. The molecule has 8 aromatic rings. The summed E-state index contributed by atoms with van der Waals surface area (Å²) < 4.78 is 0. The number of aromatic nitrogens is 2. The van der Waals surface area contributed by atoms with Crippen molar-refractivity contribution in [2.45, 2.75) is 0 Å². The standard InChI is InChI=1S/C41H25N3/c42-26-27-17-19-29(20-18-27)38-25-39(44-41(43-38)30-10-2-1-3-11-30)32-13-8-14-33(23-32)40-35-16-7-5-12-31(35)24-37-34-15-6-4-9-28(34)21-22-36(37)40/h1-25H. The van der Waals surface area contributed by atoms with Gasteiger partial charge in [-0.1, -0.05) is 121 Å². The van der Waals surface area contributed by atoms with Crippen LogP contribution >= 0.6 is 0 Å². The van der Waals surface area contributed by atoms with Crippen LogP contribution in [-0.4, -0.2) is 9.97 Å². The number of hydrogen-bond donors (Lipinski definition) is 0. The summed E-state index contributed by atoms with van der Waals surface area (Å²) in [7, 11) is 0. The Labute approximate surface area is 255 Å². The zero-order valence-corrected chi connectivity index (χ0v) is 23.8. The van der Waals surface area contributed by atoms with E-state index in [4.69, 9.17) is 9.97 Å². The highest BCUT2D eigenvalue weighted by Crippen LogP contribution is 2.40. The predicted octanol–water partition coefficient (Wildman–Crippen LogP) is 10.5. The molecule has 0 aliphatic carbocycles. The number of hydrogen-bond acceptors (Lipinski definition) is 3. The summed E-state index contributed by atoms with van der Waals surface area (Å²) in [5.41, 5.74) is 7.53. The lowest BCUT2D eigenvalue weighted by Crippen LogP contribution is -1.96. The zero-order chi connectivity index (χ0) is 29.5. The molecule has 0 saturated heterocycles. The monoisotopic (exact) mass is 559 g/mol. The maximum Gasteiger partial charge on any atom is 0.160 e. The minimum Gasteiger partial charge on any atom is -0.228 e. The number of benzene rings is 7. The number of nitrogens with zero attached hydrogens (tertiary/aromatic N) is 3. The Morgan fingerprint density at radius 2 is 1.07 bits per heavy atom. The summed E-state index contributed by atoms with van der Waals surface area (Å²) in [6, 6.07) is 54.6. The fraction of sp³-hybridized carbons (Fsp3) is 0. The van der Waals surface area contributed by atoms with Crippen molar-refractivity contribution in [1.29, 1.82) is 5.26 Å². The molecule has 3 nitrogen and oxygen atoms in total. The molecular formula is C41H25N3. The van der Waals surface area contributed by atoms with Crippen LogP contribution in [0.25, 0.3) is 77.3 Å². The Hall–Kier alpha value is -6.11. The highest BCUT2D eigenvalue weighted by molar-refractivity contribution is 6.20. The second-order valence-corrected chi connectivity index (χ2v) is 11.0. The van der Waals surface area contributed by atoms with Gasteiger partial charge in [-0.05, 0) is 73.8 Å². The van der Waals surface area contributed by atoms with Crippen molar-refractivity contribution >= 4 is 32.3 Å². The van der Waals surface area contributed by atoms with Crippen molar-refractivity contribution in [2.24, 2.45) is 0 Å². The third-order valence-corrected chi connectivity index (χ3v) is 8.28. The average molecular weight is 560 g/mol. The topological polar surface area (TPSA) is 49.6 Å². The first-order chi connectivity index (χ1) is 21.7. The molecule has 0 spiro atoms. The summed E-state index contributed by atoms with van der Waals surface area (Å²) in [6.07, 6.45) is 0. The second-order valence-electron chi connectivity index (χ2n) is 11.0. The van der Waals surface area contributed by atoms with E-state index >= 15 is 0 Å². The lowest BCUT2D eigenvalue weighted by Gasteiger charge is -2.15. The molecule has 204 valence electrons. The minimum absolute atomic E-state index is 0.620. The van der Waals surface area contributed by atoms with Crippen LogP contribution in [0, 0.1) is 11.3 Å². The van der Waals surface area contributed by atoms with Gasteiger partial charge < -0.3 is 0 Å². The molecular weight excluding hydrogens is 534 g/mol. The van der Waals surface area contributed by atoms with Crippen LogP contribution in [0.2, 0.25) is 0 Å². The maximum absolute atomic E-state index is 9.31. The fourth-order valence-electron chi connectivity index (χ4n) is 6.14. The number of rotatable bonds is 4. The maximum atomic E-state index is 9.31. The number of nitriles is 1. The highest BCUT2D eigenvalue weighted by Gasteiger charge is 2.15.